The van der Waals surface area contributed by atoms with Crippen molar-refractivity contribution in [2.24, 2.45) is 5.92 Å². The van der Waals surface area contributed by atoms with Crippen LogP contribution in [0.5, 0.6) is 0 Å². The molecule has 0 spiro atoms. The highest BCUT2D eigenvalue weighted by molar-refractivity contribution is 8.18. The third kappa shape index (κ3) is 4.89. The summed E-state index contributed by atoms with van der Waals surface area (Å²) >= 11 is 6.77. The number of imide groups is 1. The van der Waals surface area contributed by atoms with Crippen LogP contribution in [0.4, 0.5) is 4.79 Å². The van der Waals surface area contributed by atoms with Crippen molar-refractivity contribution in [3.05, 3.63) is 39.8 Å². The van der Waals surface area contributed by atoms with Gasteiger partial charge in [-0.25, -0.2) is 0 Å². The number of hydrogen-bond acceptors (Lipinski definition) is 4. The average molecular weight is 393 g/mol. The molecule has 7 heteroatoms. The number of halogens is 1. The Morgan fingerprint density at radius 1 is 1.23 bits per heavy atom. The van der Waals surface area contributed by atoms with Gasteiger partial charge in [0, 0.05) is 24.5 Å². The Kier molecular flexibility index (Phi) is 6.38. The zero-order valence-electron chi connectivity index (χ0n) is 14.4. The molecule has 1 heterocycles. The molecule has 1 saturated heterocycles. The van der Waals surface area contributed by atoms with Crippen LogP contribution in [0, 0.1) is 5.92 Å². The van der Waals surface area contributed by atoms with Gasteiger partial charge in [0.05, 0.1) is 4.91 Å². The van der Waals surface area contributed by atoms with Crippen LogP contribution in [0.15, 0.2) is 29.2 Å². The number of carbonyl (C=O) groups excluding carboxylic acids is 3. The fraction of sp³-hybridized carbons (Fsp3) is 0.421. The van der Waals surface area contributed by atoms with Gasteiger partial charge in [-0.1, -0.05) is 36.6 Å². The third-order valence-corrected chi connectivity index (χ3v) is 5.81. The van der Waals surface area contributed by atoms with E-state index in [-0.39, 0.29) is 30.1 Å². The lowest BCUT2D eigenvalue weighted by molar-refractivity contribution is -0.124. The first-order valence-electron chi connectivity index (χ1n) is 8.80. The third-order valence-electron chi connectivity index (χ3n) is 4.65. The van der Waals surface area contributed by atoms with Gasteiger partial charge in [0.2, 0.25) is 5.91 Å². The number of nitrogens with zero attached hydrogens (tertiary/aromatic N) is 1. The van der Waals surface area contributed by atoms with E-state index in [0.29, 0.717) is 22.3 Å². The summed E-state index contributed by atoms with van der Waals surface area (Å²) in [6, 6.07) is 7.05. The lowest BCUT2D eigenvalue weighted by Gasteiger charge is -2.14. The Labute approximate surface area is 162 Å². The lowest BCUT2D eigenvalue weighted by Crippen LogP contribution is -2.37. The average Bonchev–Trinajstić information content (AvgIpc) is 3.20. The minimum atomic E-state index is -0.319. The van der Waals surface area contributed by atoms with E-state index in [2.05, 4.69) is 5.32 Å². The molecule has 0 bridgehead atoms. The fourth-order valence-corrected chi connectivity index (χ4v) is 4.25. The number of amides is 3. The van der Waals surface area contributed by atoms with Crippen LogP contribution in [-0.4, -0.2) is 35.0 Å². The van der Waals surface area contributed by atoms with Crippen molar-refractivity contribution in [2.45, 2.75) is 32.1 Å². The van der Waals surface area contributed by atoms with Gasteiger partial charge < -0.3 is 5.32 Å². The SMILES string of the molecule is O=C(CC1CCCC1)NCCN1C(=O)S/C(=C/c2ccc(Cl)cc2)C1=O. The summed E-state index contributed by atoms with van der Waals surface area (Å²) < 4.78 is 0. The van der Waals surface area contributed by atoms with Gasteiger partial charge in [-0.3, -0.25) is 19.3 Å². The molecule has 2 aliphatic rings. The molecule has 1 aliphatic heterocycles. The zero-order valence-corrected chi connectivity index (χ0v) is 15.9. The summed E-state index contributed by atoms with van der Waals surface area (Å²) in [6.45, 7) is 0.483. The normalized spacial score (nSPS) is 19.6. The van der Waals surface area contributed by atoms with Crippen LogP contribution in [0.3, 0.4) is 0 Å². The number of hydrogen-bond donors (Lipinski definition) is 1. The largest absolute Gasteiger partial charge is 0.354 e. The number of carbonyl (C=O) groups is 3. The second kappa shape index (κ2) is 8.73. The molecule has 138 valence electrons. The minimum Gasteiger partial charge on any atom is -0.354 e. The van der Waals surface area contributed by atoms with Crippen molar-refractivity contribution in [1.82, 2.24) is 10.2 Å². The van der Waals surface area contributed by atoms with Gasteiger partial charge in [0.25, 0.3) is 11.1 Å². The first kappa shape index (κ1) is 19.0. The summed E-state index contributed by atoms with van der Waals surface area (Å²) in [4.78, 5) is 38.0. The topological polar surface area (TPSA) is 66.5 Å². The van der Waals surface area contributed by atoms with E-state index >= 15 is 0 Å². The molecule has 3 rings (SSSR count). The monoisotopic (exact) mass is 392 g/mol. The van der Waals surface area contributed by atoms with Gasteiger partial charge in [0.15, 0.2) is 0 Å². The van der Waals surface area contributed by atoms with Gasteiger partial charge >= 0.3 is 0 Å². The lowest BCUT2D eigenvalue weighted by atomic mass is 10.0. The van der Waals surface area contributed by atoms with Crippen molar-refractivity contribution in [2.75, 3.05) is 13.1 Å². The maximum absolute atomic E-state index is 12.4. The standard InChI is InChI=1S/C19H21ClN2O3S/c20-15-7-5-14(6-8-15)11-16-18(24)22(19(25)26-16)10-9-21-17(23)12-13-3-1-2-4-13/h5-8,11,13H,1-4,9-10,12H2,(H,21,23)/b16-11+. The van der Waals surface area contributed by atoms with E-state index in [1.165, 1.54) is 17.7 Å². The quantitative estimate of drug-likeness (QED) is 0.741. The van der Waals surface area contributed by atoms with Crippen LogP contribution in [0.2, 0.25) is 5.02 Å². The van der Waals surface area contributed by atoms with Crippen LogP contribution < -0.4 is 5.32 Å². The first-order chi connectivity index (χ1) is 12.5. The smallest absolute Gasteiger partial charge is 0.293 e. The first-order valence-corrected chi connectivity index (χ1v) is 10.00. The van der Waals surface area contributed by atoms with Gasteiger partial charge in [0.1, 0.15) is 0 Å². The predicted molar refractivity (Wildman–Crippen MR) is 104 cm³/mol. The molecule has 1 saturated carbocycles. The molecule has 3 amide bonds. The fourth-order valence-electron chi connectivity index (χ4n) is 3.26. The summed E-state index contributed by atoms with van der Waals surface area (Å²) in [7, 11) is 0. The molecule has 0 aromatic heterocycles. The molecule has 0 atom stereocenters. The van der Waals surface area contributed by atoms with Crippen molar-refractivity contribution in [3.8, 4) is 0 Å². The Balaban J connectivity index is 1.50. The van der Waals surface area contributed by atoms with E-state index < -0.39 is 0 Å². The molecule has 1 aromatic carbocycles. The summed E-state index contributed by atoms with van der Waals surface area (Å²) in [5.74, 6) is 0.162. The highest BCUT2D eigenvalue weighted by Crippen LogP contribution is 2.32. The van der Waals surface area contributed by atoms with E-state index in [9.17, 15) is 14.4 Å². The molecule has 1 aromatic rings. The molecule has 0 unspecified atom stereocenters. The molecule has 0 radical (unpaired) electrons. The molecule has 26 heavy (non-hydrogen) atoms. The van der Waals surface area contributed by atoms with E-state index in [1.807, 2.05) is 0 Å². The molecule has 5 nitrogen and oxygen atoms in total. The van der Waals surface area contributed by atoms with Crippen molar-refractivity contribution in [3.63, 3.8) is 0 Å². The highest BCUT2D eigenvalue weighted by Gasteiger charge is 2.34. The highest BCUT2D eigenvalue weighted by atomic mass is 35.5. The van der Waals surface area contributed by atoms with Crippen LogP contribution >= 0.6 is 23.4 Å². The number of benzene rings is 1. The maximum Gasteiger partial charge on any atom is 0.293 e. The zero-order chi connectivity index (χ0) is 18.5. The maximum atomic E-state index is 12.4. The van der Waals surface area contributed by atoms with Crippen molar-refractivity contribution >= 4 is 46.5 Å². The molecule has 1 aliphatic carbocycles. The Morgan fingerprint density at radius 3 is 2.62 bits per heavy atom. The molecular formula is C19H21ClN2O3S. The van der Waals surface area contributed by atoms with Crippen LogP contribution in [0.1, 0.15) is 37.7 Å². The molecule has 1 N–H and O–H groups in total. The number of thioether (sulfide) groups is 1. The van der Waals surface area contributed by atoms with E-state index in [0.717, 1.165) is 30.2 Å². The van der Waals surface area contributed by atoms with Gasteiger partial charge in [-0.15, -0.1) is 0 Å². The summed E-state index contributed by atoms with van der Waals surface area (Å²) in [5.41, 5.74) is 0.810. The predicted octanol–water partition coefficient (Wildman–Crippen LogP) is 4.07. The van der Waals surface area contributed by atoms with E-state index in [4.69, 9.17) is 11.6 Å². The second-order valence-corrected chi connectivity index (χ2v) is 8.02. The minimum absolute atomic E-state index is 0.000535. The number of nitrogens with one attached hydrogen (secondary N) is 1. The van der Waals surface area contributed by atoms with Crippen LogP contribution in [-0.2, 0) is 9.59 Å². The Morgan fingerprint density at radius 2 is 1.92 bits per heavy atom. The van der Waals surface area contributed by atoms with Crippen molar-refractivity contribution in [1.29, 1.82) is 0 Å². The van der Waals surface area contributed by atoms with E-state index in [1.54, 1.807) is 30.3 Å². The van der Waals surface area contributed by atoms with Crippen molar-refractivity contribution < 1.29 is 14.4 Å². The Hall–Kier alpha value is -1.79. The van der Waals surface area contributed by atoms with Gasteiger partial charge in [-0.05, 0) is 54.3 Å². The summed E-state index contributed by atoms with van der Waals surface area (Å²) in [5, 5.41) is 3.13. The number of rotatable bonds is 6. The summed E-state index contributed by atoms with van der Waals surface area (Å²) in [6.07, 6.45) is 6.86. The van der Waals surface area contributed by atoms with Gasteiger partial charge in [-0.2, -0.15) is 0 Å². The Bertz CT molecular complexity index is 727. The molecular weight excluding hydrogens is 372 g/mol. The molecule has 2 fully saturated rings. The second-order valence-electron chi connectivity index (χ2n) is 6.59. The van der Waals surface area contributed by atoms with Crippen LogP contribution in [0.25, 0.3) is 6.08 Å².